The predicted octanol–water partition coefficient (Wildman–Crippen LogP) is 1.93. The number of hydrogen-bond donors (Lipinski definition) is 1. The molecule has 4 heteroatoms. The zero-order valence-corrected chi connectivity index (χ0v) is 10.7. The number of benzene rings is 1. The number of ether oxygens (including phenoxy) is 1. The fourth-order valence-electron chi connectivity index (χ4n) is 1.84. The topological polar surface area (TPSA) is 51.2 Å². The van der Waals surface area contributed by atoms with Crippen LogP contribution in [0.5, 0.6) is 0 Å². The number of nitrogens with one attached hydrogen (secondary N) is 1. The Hall–Kier alpha value is -2.20. The van der Waals surface area contributed by atoms with Crippen LogP contribution < -0.4 is 5.32 Å². The van der Waals surface area contributed by atoms with Gasteiger partial charge in [-0.05, 0) is 17.7 Å². The monoisotopic (exact) mass is 256 g/mol. The van der Waals surface area contributed by atoms with Crippen LogP contribution in [0.4, 0.5) is 0 Å². The van der Waals surface area contributed by atoms with Crippen molar-refractivity contribution in [3.63, 3.8) is 0 Å². The molecule has 0 radical (unpaired) electrons. The second-order valence-corrected chi connectivity index (χ2v) is 4.06. The quantitative estimate of drug-likeness (QED) is 0.831. The number of esters is 1. The van der Waals surface area contributed by atoms with Crippen LogP contribution in [-0.2, 0) is 9.53 Å². The van der Waals surface area contributed by atoms with Crippen molar-refractivity contribution in [1.29, 1.82) is 0 Å². The van der Waals surface area contributed by atoms with Crippen molar-refractivity contribution in [3.8, 4) is 0 Å². The van der Waals surface area contributed by atoms with E-state index in [0.717, 1.165) is 11.3 Å². The predicted molar refractivity (Wildman–Crippen MR) is 72.5 cm³/mol. The molecule has 1 unspecified atom stereocenters. The zero-order chi connectivity index (χ0) is 13.5. The molecular weight excluding hydrogens is 240 g/mol. The lowest BCUT2D eigenvalue weighted by Gasteiger charge is -2.18. The second kappa shape index (κ2) is 6.66. The standard InChI is InChI=1S/C15H16N2O2/c1-19-14(18)11-17-15(12-7-3-2-4-8-12)13-9-5-6-10-16-13/h2-10,15,17H,11H2,1H3. The van der Waals surface area contributed by atoms with Gasteiger partial charge in [-0.15, -0.1) is 0 Å². The SMILES string of the molecule is COC(=O)CNC(c1ccccc1)c1ccccn1. The first-order chi connectivity index (χ1) is 9.31. The fourth-order valence-corrected chi connectivity index (χ4v) is 1.84. The molecule has 0 bridgehead atoms. The molecular formula is C15H16N2O2. The first-order valence-corrected chi connectivity index (χ1v) is 6.07. The molecule has 0 aliphatic heterocycles. The maximum atomic E-state index is 11.3. The number of rotatable bonds is 5. The maximum absolute atomic E-state index is 11.3. The van der Waals surface area contributed by atoms with Crippen molar-refractivity contribution in [2.24, 2.45) is 0 Å². The van der Waals surface area contributed by atoms with E-state index in [4.69, 9.17) is 0 Å². The highest BCUT2D eigenvalue weighted by Gasteiger charge is 2.15. The summed E-state index contributed by atoms with van der Waals surface area (Å²) >= 11 is 0. The minimum atomic E-state index is -0.295. The Kier molecular flexibility index (Phi) is 4.64. The first kappa shape index (κ1) is 13.2. The van der Waals surface area contributed by atoms with E-state index in [1.54, 1.807) is 6.20 Å². The molecule has 0 fully saturated rings. The second-order valence-electron chi connectivity index (χ2n) is 4.06. The minimum absolute atomic E-state index is 0.124. The van der Waals surface area contributed by atoms with Crippen LogP contribution in [0.3, 0.4) is 0 Å². The van der Waals surface area contributed by atoms with Crippen molar-refractivity contribution >= 4 is 5.97 Å². The normalized spacial score (nSPS) is 11.8. The molecule has 1 atom stereocenters. The molecule has 1 aromatic heterocycles. The van der Waals surface area contributed by atoms with E-state index in [9.17, 15) is 4.79 Å². The molecule has 0 spiro atoms. The molecule has 2 aromatic rings. The third-order valence-corrected chi connectivity index (χ3v) is 2.79. The summed E-state index contributed by atoms with van der Waals surface area (Å²) in [6.45, 7) is 0.145. The molecule has 19 heavy (non-hydrogen) atoms. The van der Waals surface area contributed by atoms with Crippen LogP contribution in [0.2, 0.25) is 0 Å². The van der Waals surface area contributed by atoms with Gasteiger partial charge in [-0.1, -0.05) is 36.4 Å². The molecule has 1 heterocycles. The smallest absolute Gasteiger partial charge is 0.319 e. The van der Waals surface area contributed by atoms with E-state index in [-0.39, 0.29) is 18.6 Å². The molecule has 1 N–H and O–H groups in total. The van der Waals surface area contributed by atoms with Crippen LogP contribution in [-0.4, -0.2) is 24.6 Å². The minimum Gasteiger partial charge on any atom is -0.468 e. The third kappa shape index (κ3) is 3.63. The van der Waals surface area contributed by atoms with Crippen LogP contribution in [0.15, 0.2) is 54.7 Å². The van der Waals surface area contributed by atoms with Gasteiger partial charge in [0.2, 0.25) is 0 Å². The summed E-state index contributed by atoms with van der Waals surface area (Å²) in [6, 6.07) is 15.5. The molecule has 2 rings (SSSR count). The van der Waals surface area contributed by atoms with Crippen LogP contribution >= 0.6 is 0 Å². The lowest BCUT2D eigenvalue weighted by molar-refractivity contribution is -0.139. The van der Waals surface area contributed by atoms with Gasteiger partial charge in [-0.3, -0.25) is 15.1 Å². The Balaban J connectivity index is 2.21. The van der Waals surface area contributed by atoms with Crippen molar-refractivity contribution in [1.82, 2.24) is 10.3 Å². The highest BCUT2D eigenvalue weighted by Crippen LogP contribution is 2.19. The largest absolute Gasteiger partial charge is 0.468 e. The summed E-state index contributed by atoms with van der Waals surface area (Å²) in [7, 11) is 1.38. The van der Waals surface area contributed by atoms with Crippen molar-refractivity contribution in [2.45, 2.75) is 6.04 Å². The Morgan fingerprint density at radius 3 is 2.58 bits per heavy atom. The van der Waals surface area contributed by atoms with Crippen molar-refractivity contribution < 1.29 is 9.53 Å². The molecule has 4 nitrogen and oxygen atoms in total. The van der Waals surface area contributed by atoms with Gasteiger partial charge in [0.25, 0.3) is 0 Å². The molecule has 0 aliphatic carbocycles. The average Bonchev–Trinajstić information content (AvgIpc) is 2.49. The summed E-state index contributed by atoms with van der Waals surface area (Å²) in [4.78, 5) is 15.6. The third-order valence-electron chi connectivity index (χ3n) is 2.79. The molecule has 0 saturated heterocycles. The van der Waals surface area contributed by atoms with Gasteiger partial charge < -0.3 is 4.74 Å². The summed E-state index contributed by atoms with van der Waals surface area (Å²) in [5, 5.41) is 3.17. The number of methoxy groups -OCH3 is 1. The van der Waals surface area contributed by atoms with E-state index in [1.165, 1.54) is 7.11 Å². The Bertz CT molecular complexity index is 475. The van der Waals surface area contributed by atoms with Crippen LogP contribution in [0, 0.1) is 0 Å². The van der Waals surface area contributed by atoms with Crippen LogP contribution in [0.25, 0.3) is 0 Å². The molecule has 0 saturated carbocycles. The van der Waals surface area contributed by atoms with E-state index in [2.05, 4.69) is 15.0 Å². The van der Waals surface area contributed by atoms with E-state index in [1.807, 2.05) is 48.5 Å². The highest BCUT2D eigenvalue weighted by atomic mass is 16.5. The Morgan fingerprint density at radius 2 is 1.95 bits per heavy atom. The highest BCUT2D eigenvalue weighted by molar-refractivity contribution is 5.71. The van der Waals surface area contributed by atoms with Gasteiger partial charge in [0.15, 0.2) is 0 Å². The number of hydrogen-bond acceptors (Lipinski definition) is 4. The van der Waals surface area contributed by atoms with Gasteiger partial charge in [-0.2, -0.15) is 0 Å². The molecule has 0 amide bonds. The number of nitrogens with zero attached hydrogens (tertiary/aromatic N) is 1. The van der Waals surface area contributed by atoms with Gasteiger partial charge in [0, 0.05) is 6.20 Å². The Morgan fingerprint density at radius 1 is 1.21 bits per heavy atom. The average molecular weight is 256 g/mol. The van der Waals surface area contributed by atoms with Crippen molar-refractivity contribution in [3.05, 3.63) is 66.0 Å². The molecule has 0 aliphatic rings. The van der Waals surface area contributed by atoms with Gasteiger partial charge in [0.05, 0.1) is 25.4 Å². The van der Waals surface area contributed by atoms with Gasteiger partial charge >= 0.3 is 5.97 Å². The van der Waals surface area contributed by atoms with Gasteiger partial charge in [-0.25, -0.2) is 0 Å². The van der Waals surface area contributed by atoms with E-state index < -0.39 is 0 Å². The Labute approximate surface area is 112 Å². The summed E-state index contributed by atoms with van der Waals surface area (Å²) < 4.78 is 4.65. The summed E-state index contributed by atoms with van der Waals surface area (Å²) in [5.41, 5.74) is 1.93. The number of carbonyl (C=O) groups excluding carboxylic acids is 1. The summed E-state index contributed by atoms with van der Waals surface area (Å²) in [5.74, 6) is -0.295. The lowest BCUT2D eigenvalue weighted by atomic mass is 10.0. The van der Waals surface area contributed by atoms with Gasteiger partial charge in [0.1, 0.15) is 0 Å². The van der Waals surface area contributed by atoms with Crippen LogP contribution in [0.1, 0.15) is 17.3 Å². The fraction of sp³-hybridized carbons (Fsp3) is 0.200. The lowest BCUT2D eigenvalue weighted by Crippen LogP contribution is -2.29. The number of aromatic nitrogens is 1. The van der Waals surface area contributed by atoms with E-state index in [0.29, 0.717) is 0 Å². The summed E-state index contributed by atoms with van der Waals surface area (Å²) in [6.07, 6.45) is 1.74. The van der Waals surface area contributed by atoms with Crippen molar-refractivity contribution in [2.75, 3.05) is 13.7 Å². The number of carbonyl (C=O) groups is 1. The molecule has 1 aromatic carbocycles. The zero-order valence-electron chi connectivity index (χ0n) is 10.7. The number of pyridine rings is 1. The first-order valence-electron chi connectivity index (χ1n) is 6.07. The molecule has 98 valence electrons. The maximum Gasteiger partial charge on any atom is 0.319 e. The van der Waals surface area contributed by atoms with E-state index >= 15 is 0 Å².